The molecule has 0 saturated carbocycles. The molecule has 0 aromatic carbocycles. The van der Waals surface area contributed by atoms with Gasteiger partial charge in [-0.2, -0.15) is 13.2 Å². The lowest BCUT2D eigenvalue weighted by Gasteiger charge is -2.25. The Balaban J connectivity index is 2.54. The molecule has 4 nitrogen and oxygen atoms in total. The first-order valence-electron chi connectivity index (χ1n) is 4.79. The van der Waals surface area contributed by atoms with Crippen molar-refractivity contribution < 1.29 is 31.9 Å². The zero-order valence-corrected chi connectivity index (χ0v) is 8.77. The second-order valence-electron chi connectivity index (χ2n) is 3.49. The smallest absolute Gasteiger partial charge is 0.432 e. The van der Waals surface area contributed by atoms with Crippen LogP contribution in [0.5, 0.6) is 0 Å². The molecule has 18 heavy (non-hydrogen) atoms. The van der Waals surface area contributed by atoms with E-state index < -0.39 is 29.1 Å². The molecule has 1 N–H and O–H groups in total. The van der Waals surface area contributed by atoms with Gasteiger partial charge in [0.1, 0.15) is 0 Å². The molecular formula is C11H7F3O4. The molecule has 0 aliphatic heterocycles. The van der Waals surface area contributed by atoms with Crippen LogP contribution < -0.4 is 0 Å². The molecule has 2 rings (SSSR count). The van der Waals surface area contributed by atoms with Gasteiger partial charge in [-0.25, -0.2) is 0 Å². The molecule has 2 aromatic heterocycles. The van der Waals surface area contributed by atoms with Gasteiger partial charge in [-0.15, -0.1) is 0 Å². The quantitative estimate of drug-likeness (QED) is 0.861. The number of halogens is 3. The van der Waals surface area contributed by atoms with Gasteiger partial charge in [0, 0.05) is 0 Å². The lowest BCUT2D eigenvalue weighted by atomic mass is 9.93. The first-order chi connectivity index (χ1) is 8.37. The van der Waals surface area contributed by atoms with E-state index in [9.17, 15) is 23.1 Å². The van der Waals surface area contributed by atoms with Crippen molar-refractivity contribution in [2.45, 2.75) is 11.8 Å². The molecule has 0 bridgehead atoms. The molecule has 7 heteroatoms. The van der Waals surface area contributed by atoms with Crippen LogP contribution in [0.25, 0.3) is 0 Å². The van der Waals surface area contributed by atoms with Crippen molar-refractivity contribution in [3.8, 4) is 0 Å². The van der Waals surface area contributed by atoms with Crippen molar-refractivity contribution in [3.63, 3.8) is 0 Å². The molecule has 0 radical (unpaired) electrons. The Labute approximate surface area is 98.6 Å². The number of hydrogen-bond donors (Lipinski definition) is 1. The second kappa shape index (κ2) is 4.02. The van der Waals surface area contributed by atoms with E-state index in [1.165, 1.54) is 6.07 Å². The zero-order chi connectivity index (χ0) is 13.4. The van der Waals surface area contributed by atoms with Crippen LogP contribution in [0, 0.1) is 0 Å². The monoisotopic (exact) mass is 260 g/mol. The summed E-state index contributed by atoms with van der Waals surface area (Å²) in [7, 11) is 0. The molecule has 0 aliphatic carbocycles. The minimum Gasteiger partial charge on any atom is -0.465 e. The molecule has 0 fully saturated rings. The third-order valence-corrected chi connectivity index (χ3v) is 2.36. The first kappa shape index (κ1) is 12.4. The molecule has 0 aliphatic rings. The average Bonchev–Trinajstić information content (AvgIpc) is 2.97. The number of Topliss-reactive ketones (excluding diaryl/α,β-unsaturated/α-hetero) is 1. The summed E-state index contributed by atoms with van der Waals surface area (Å²) in [5, 5.41) is 9.72. The van der Waals surface area contributed by atoms with Crippen LogP contribution in [-0.2, 0) is 5.60 Å². The third kappa shape index (κ3) is 1.72. The average molecular weight is 260 g/mol. The third-order valence-electron chi connectivity index (χ3n) is 2.36. The minimum atomic E-state index is -5.23. The zero-order valence-electron chi connectivity index (χ0n) is 8.77. The van der Waals surface area contributed by atoms with Gasteiger partial charge in [-0.3, -0.25) is 4.79 Å². The summed E-state index contributed by atoms with van der Waals surface area (Å²) in [6.07, 6.45) is -3.26. The van der Waals surface area contributed by atoms with E-state index in [4.69, 9.17) is 0 Å². The largest absolute Gasteiger partial charge is 0.465 e. The summed E-state index contributed by atoms with van der Waals surface area (Å²) in [4.78, 5) is 11.7. The summed E-state index contributed by atoms with van der Waals surface area (Å²) in [5.74, 6) is -3.14. The number of hydrogen-bond acceptors (Lipinski definition) is 4. The fourth-order valence-corrected chi connectivity index (χ4v) is 1.45. The van der Waals surface area contributed by atoms with Gasteiger partial charge >= 0.3 is 6.18 Å². The van der Waals surface area contributed by atoms with Crippen LogP contribution in [0.3, 0.4) is 0 Å². The van der Waals surface area contributed by atoms with Crippen LogP contribution in [0.15, 0.2) is 45.6 Å². The molecular weight excluding hydrogens is 253 g/mol. The van der Waals surface area contributed by atoms with Crippen molar-refractivity contribution in [3.05, 3.63) is 48.3 Å². The van der Waals surface area contributed by atoms with Gasteiger partial charge in [-0.1, -0.05) is 0 Å². The van der Waals surface area contributed by atoms with E-state index in [2.05, 4.69) is 8.83 Å². The van der Waals surface area contributed by atoms with Gasteiger partial charge in [-0.05, 0) is 24.3 Å². The van der Waals surface area contributed by atoms with Crippen molar-refractivity contribution in [1.29, 1.82) is 0 Å². The Morgan fingerprint density at radius 1 is 1.11 bits per heavy atom. The number of rotatable bonds is 3. The molecule has 1 atom stereocenters. The maximum absolute atomic E-state index is 12.9. The van der Waals surface area contributed by atoms with Crippen LogP contribution in [-0.4, -0.2) is 17.1 Å². The predicted molar refractivity (Wildman–Crippen MR) is 51.7 cm³/mol. The van der Waals surface area contributed by atoms with Crippen molar-refractivity contribution in [2.24, 2.45) is 0 Å². The van der Waals surface area contributed by atoms with Crippen LogP contribution in [0.1, 0.15) is 16.3 Å². The van der Waals surface area contributed by atoms with Crippen molar-refractivity contribution >= 4 is 5.78 Å². The fraction of sp³-hybridized carbons (Fsp3) is 0.182. The predicted octanol–water partition coefficient (Wildman–Crippen LogP) is 2.51. The number of carbonyl (C=O) groups excluding carboxylic acids is 1. The normalized spacial score (nSPS) is 15.3. The Kier molecular flexibility index (Phi) is 2.78. The van der Waals surface area contributed by atoms with Crippen molar-refractivity contribution in [1.82, 2.24) is 0 Å². The lowest BCUT2D eigenvalue weighted by Crippen LogP contribution is -2.48. The van der Waals surface area contributed by atoms with Gasteiger partial charge < -0.3 is 13.9 Å². The molecule has 0 spiro atoms. The Hall–Kier alpha value is -2.02. The van der Waals surface area contributed by atoms with Gasteiger partial charge in [0.15, 0.2) is 11.5 Å². The fourth-order valence-electron chi connectivity index (χ4n) is 1.45. The second-order valence-corrected chi connectivity index (χ2v) is 3.49. The highest BCUT2D eigenvalue weighted by atomic mass is 19.4. The molecule has 2 heterocycles. The number of furan rings is 2. The number of alkyl halides is 3. The van der Waals surface area contributed by atoms with E-state index >= 15 is 0 Å². The lowest BCUT2D eigenvalue weighted by molar-refractivity contribution is -0.248. The highest BCUT2D eigenvalue weighted by Crippen LogP contribution is 2.41. The molecule has 0 saturated heterocycles. The summed E-state index contributed by atoms with van der Waals surface area (Å²) >= 11 is 0. The van der Waals surface area contributed by atoms with Gasteiger partial charge in [0.25, 0.3) is 5.60 Å². The topological polar surface area (TPSA) is 63.6 Å². The molecule has 2 aromatic rings. The van der Waals surface area contributed by atoms with Crippen LogP contribution in [0.2, 0.25) is 0 Å². The van der Waals surface area contributed by atoms with Gasteiger partial charge in [0.05, 0.1) is 12.5 Å². The SMILES string of the molecule is O=C(c1ccco1)[C@@](O)(c1ccco1)C(F)(F)F. The Morgan fingerprint density at radius 3 is 2.17 bits per heavy atom. The van der Waals surface area contributed by atoms with E-state index in [0.29, 0.717) is 0 Å². The minimum absolute atomic E-state index is 0.605. The maximum Gasteiger partial charge on any atom is 0.432 e. The maximum atomic E-state index is 12.9. The highest BCUT2D eigenvalue weighted by Gasteiger charge is 2.63. The summed E-state index contributed by atoms with van der Waals surface area (Å²) in [6.45, 7) is 0. The molecule has 0 amide bonds. The Bertz CT molecular complexity index is 527. The molecule has 96 valence electrons. The van der Waals surface area contributed by atoms with E-state index in [-0.39, 0.29) is 0 Å². The van der Waals surface area contributed by atoms with E-state index in [1.807, 2.05) is 0 Å². The Morgan fingerprint density at radius 2 is 1.72 bits per heavy atom. The number of aliphatic hydroxyl groups is 1. The van der Waals surface area contributed by atoms with Crippen LogP contribution in [0.4, 0.5) is 13.2 Å². The summed E-state index contributed by atoms with van der Waals surface area (Å²) < 4.78 is 47.9. The standard InChI is InChI=1S/C11H7F3O4/c12-11(13,14)10(16,8-4-2-6-18-8)9(15)7-3-1-5-17-7/h1-6,16H/t10-/m0/s1. The number of ketones is 1. The summed E-state index contributed by atoms with van der Waals surface area (Å²) in [6, 6.07) is 4.28. The summed E-state index contributed by atoms with van der Waals surface area (Å²) in [5.41, 5.74) is -3.76. The van der Waals surface area contributed by atoms with E-state index in [0.717, 1.165) is 30.7 Å². The van der Waals surface area contributed by atoms with Crippen molar-refractivity contribution in [2.75, 3.05) is 0 Å². The van der Waals surface area contributed by atoms with Gasteiger partial charge in [0.2, 0.25) is 5.78 Å². The molecule has 0 unspecified atom stereocenters. The van der Waals surface area contributed by atoms with E-state index in [1.54, 1.807) is 0 Å². The number of carbonyl (C=O) groups is 1. The first-order valence-corrected chi connectivity index (χ1v) is 4.79. The van der Waals surface area contributed by atoms with Crippen LogP contribution >= 0.6 is 0 Å². The highest BCUT2D eigenvalue weighted by molar-refractivity contribution is 6.00.